The first-order chi connectivity index (χ1) is 13.5. The first kappa shape index (κ1) is 20.6. The quantitative estimate of drug-likeness (QED) is 0.839. The molecule has 7 heteroatoms. The van der Waals surface area contributed by atoms with E-state index >= 15 is 0 Å². The third kappa shape index (κ3) is 4.83. The van der Waals surface area contributed by atoms with Crippen LogP contribution in [0.1, 0.15) is 24.0 Å². The molecule has 3 amide bonds. The lowest BCUT2D eigenvalue weighted by atomic mass is 10.1. The monoisotopic (exact) mass is 388 g/mol. The van der Waals surface area contributed by atoms with Gasteiger partial charge in [-0.3, -0.25) is 9.69 Å². The average Bonchev–Trinajstić information content (AvgIpc) is 2.88. The number of likely N-dealkylation sites (tertiary alicyclic amines) is 1. The van der Waals surface area contributed by atoms with E-state index < -0.39 is 0 Å². The third-order valence-corrected chi connectivity index (χ3v) is 5.73. The Hall–Kier alpha value is -2.12. The lowest BCUT2D eigenvalue weighted by Gasteiger charge is -2.26. The Morgan fingerprint density at radius 3 is 2.79 bits per heavy atom. The Morgan fingerprint density at radius 2 is 2.00 bits per heavy atom. The normalized spacial score (nSPS) is 21.1. The van der Waals surface area contributed by atoms with Crippen LogP contribution in [0.15, 0.2) is 18.2 Å². The molecule has 0 unspecified atom stereocenters. The molecule has 7 nitrogen and oxygen atoms in total. The molecule has 0 bridgehead atoms. The van der Waals surface area contributed by atoms with Gasteiger partial charge in [0.2, 0.25) is 5.91 Å². The number of nitrogens with one attached hydrogen (secondary N) is 1. The Kier molecular flexibility index (Phi) is 6.91. The van der Waals surface area contributed by atoms with Crippen molar-refractivity contribution < 1.29 is 14.3 Å². The van der Waals surface area contributed by atoms with E-state index in [-0.39, 0.29) is 18.0 Å². The second kappa shape index (κ2) is 9.39. The highest BCUT2D eigenvalue weighted by Gasteiger charge is 2.36. The summed E-state index contributed by atoms with van der Waals surface area (Å²) < 4.78 is 5.10. The molecule has 2 aliphatic rings. The van der Waals surface area contributed by atoms with E-state index in [2.05, 4.69) is 10.2 Å². The number of anilines is 1. The van der Waals surface area contributed by atoms with Crippen molar-refractivity contribution in [3.8, 4) is 0 Å². The van der Waals surface area contributed by atoms with Crippen molar-refractivity contribution in [2.45, 2.75) is 32.7 Å². The number of hydrogen-bond donors (Lipinski definition) is 1. The Labute approximate surface area is 167 Å². The minimum Gasteiger partial charge on any atom is -0.383 e. The predicted octanol–water partition coefficient (Wildman–Crippen LogP) is 2.09. The lowest BCUT2D eigenvalue weighted by Crippen LogP contribution is -2.44. The minimum atomic E-state index is -0.0602. The smallest absolute Gasteiger partial charge is 0.321 e. The lowest BCUT2D eigenvalue weighted by molar-refractivity contribution is -0.132. The maximum absolute atomic E-state index is 12.8. The van der Waals surface area contributed by atoms with Gasteiger partial charge in [-0.1, -0.05) is 12.1 Å². The van der Waals surface area contributed by atoms with Crippen LogP contribution >= 0.6 is 0 Å². The highest BCUT2D eigenvalue weighted by molar-refractivity contribution is 5.90. The number of nitrogens with zero attached hydrogens (tertiary/aromatic N) is 3. The molecule has 0 aliphatic carbocycles. The highest BCUT2D eigenvalue weighted by Crippen LogP contribution is 2.20. The Morgan fingerprint density at radius 1 is 1.18 bits per heavy atom. The molecule has 2 saturated heterocycles. The van der Waals surface area contributed by atoms with Gasteiger partial charge >= 0.3 is 6.03 Å². The van der Waals surface area contributed by atoms with Crippen LogP contribution in [-0.2, 0) is 9.53 Å². The van der Waals surface area contributed by atoms with Crippen molar-refractivity contribution in [2.24, 2.45) is 0 Å². The summed E-state index contributed by atoms with van der Waals surface area (Å²) in [6.45, 7) is 8.97. The molecule has 28 heavy (non-hydrogen) atoms. The number of aryl methyl sites for hydroxylation is 2. The molecule has 1 aromatic rings. The van der Waals surface area contributed by atoms with Crippen molar-refractivity contribution in [3.05, 3.63) is 29.3 Å². The molecular formula is C21H32N4O3. The summed E-state index contributed by atoms with van der Waals surface area (Å²) in [5, 5.41) is 3.05. The summed E-state index contributed by atoms with van der Waals surface area (Å²) in [7, 11) is 1.66. The number of ether oxygens (including phenoxy) is 1. The first-order valence-electron chi connectivity index (χ1n) is 10.1. The van der Waals surface area contributed by atoms with Crippen LogP contribution < -0.4 is 5.32 Å². The summed E-state index contributed by atoms with van der Waals surface area (Å²) in [6.07, 6.45) is 1.74. The predicted molar refractivity (Wildman–Crippen MR) is 110 cm³/mol. The van der Waals surface area contributed by atoms with Gasteiger partial charge in [0.05, 0.1) is 12.6 Å². The summed E-state index contributed by atoms with van der Waals surface area (Å²) in [5.41, 5.74) is 3.05. The van der Waals surface area contributed by atoms with Gasteiger partial charge < -0.3 is 19.9 Å². The zero-order valence-electron chi connectivity index (χ0n) is 17.2. The van der Waals surface area contributed by atoms with Crippen LogP contribution in [0.25, 0.3) is 0 Å². The number of carbonyl (C=O) groups excluding carboxylic acids is 2. The van der Waals surface area contributed by atoms with Gasteiger partial charge in [-0.25, -0.2) is 4.79 Å². The molecule has 154 valence electrons. The number of urea groups is 1. The summed E-state index contributed by atoms with van der Waals surface area (Å²) in [6, 6.07) is 5.96. The molecule has 0 saturated carbocycles. The second-order valence-corrected chi connectivity index (χ2v) is 7.75. The fraction of sp³-hybridized carbons (Fsp3) is 0.619. The summed E-state index contributed by atoms with van der Waals surface area (Å²) in [5.74, 6) is 0.199. The van der Waals surface area contributed by atoms with Crippen molar-refractivity contribution in [2.75, 3.05) is 58.3 Å². The van der Waals surface area contributed by atoms with Gasteiger partial charge in [0, 0.05) is 52.1 Å². The van der Waals surface area contributed by atoms with Gasteiger partial charge in [0.15, 0.2) is 0 Å². The van der Waals surface area contributed by atoms with Crippen LogP contribution in [0.2, 0.25) is 0 Å². The van der Waals surface area contributed by atoms with Crippen molar-refractivity contribution >= 4 is 17.6 Å². The van der Waals surface area contributed by atoms with Crippen LogP contribution in [0.3, 0.4) is 0 Å². The maximum Gasteiger partial charge on any atom is 0.321 e. The largest absolute Gasteiger partial charge is 0.383 e. The molecular weight excluding hydrogens is 356 g/mol. The van der Waals surface area contributed by atoms with Gasteiger partial charge in [0.25, 0.3) is 0 Å². The van der Waals surface area contributed by atoms with E-state index in [1.54, 1.807) is 7.11 Å². The molecule has 0 aromatic heterocycles. The van der Waals surface area contributed by atoms with E-state index in [9.17, 15) is 9.59 Å². The van der Waals surface area contributed by atoms with Crippen molar-refractivity contribution in [3.63, 3.8) is 0 Å². The summed E-state index contributed by atoms with van der Waals surface area (Å²) in [4.78, 5) is 31.4. The zero-order chi connectivity index (χ0) is 20.1. The van der Waals surface area contributed by atoms with Gasteiger partial charge in [-0.05, 0) is 43.9 Å². The van der Waals surface area contributed by atoms with E-state index in [0.717, 1.165) is 49.3 Å². The van der Waals surface area contributed by atoms with E-state index in [0.29, 0.717) is 26.2 Å². The molecule has 2 heterocycles. The van der Waals surface area contributed by atoms with E-state index in [1.165, 1.54) is 0 Å². The zero-order valence-corrected chi connectivity index (χ0v) is 17.2. The number of hydrogen-bond acceptors (Lipinski definition) is 4. The summed E-state index contributed by atoms with van der Waals surface area (Å²) >= 11 is 0. The number of amides is 3. The molecule has 0 radical (unpaired) electrons. The first-order valence-corrected chi connectivity index (χ1v) is 10.1. The van der Waals surface area contributed by atoms with E-state index in [1.807, 2.05) is 41.8 Å². The van der Waals surface area contributed by atoms with Gasteiger partial charge in [0.1, 0.15) is 0 Å². The average molecular weight is 389 g/mol. The van der Waals surface area contributed by atoms with Gasteiger partial charge in [-0.2, -0.15) is 0 Å². The van der Waals surface area contributed by atoms with Crippen molar-refractivity contribution in [1.29, 1.82) is 0 Å². The number of rotatable bonds is 5. The van der Waals surface area contributed by atoms with Crippen LogP contribution in [-0.4, -0.2) is 85.7 Å². The van der Waals surface area contributed by atoms with Crippen LogP contribution in [0.5, 0.6) is 0 Å². The molecule has 2 fully saturated rings. The third-order valence-electron chi connectivity index (χ3n) is 5.73. The molecule has 0 spiro atoms. The highest BCUT2D eigenvalue weighted by atomic mass is 16.5. The van der Waals surface area contributed by atoms with Crippen LogP contribution in [0.4, 0.5) is 10.5 Å². The number of carbonyl (C=O) groups is 2. The number of methoxy groups -OCH3 is 1. The molecule has 1 N–H and O–H groups in total. The maximum atomic E-state index is 12.8. The minimum absolute atomic E-state index is 0.0566. The molecule has 1 atom stereocenters. The second-order valence-electron chi connectivity index (χ2n) is 7.75. The Balaban J connectivity index is 1.55. The fourth-order valence-electron chi connectivity index (χ4n) is 4.00. The standard InChI is InChI=1S/C21H32N4O3/c1-16-5-6-17(2)18(15-16)22-21(27)25-9-4-8-23(11-12-25)19-7-10-24(20(19)26)13-14-28-3/h5-6,15,19H,4,7-14H2,1-3H3,(H,22,27)/t19-/m0/s1. The van der Waals surface area contributed by atoms with E-state index in [4.69, 9.17) is 4.74 Å². The number of benzene rings is 1. The Bertz CT molecular complexity index is 709. The molecule has 3 rings (SSSR count). The molecule has 2 aliphatic heterocycles. The molecule has 1 aromatic carbocycles. The fourth-order valence-corrected chi connectivity index (χ4v) is 4.00. The van der Waals surface area contributed by atoms with Gasteiger partial charge in [-0.15, -0.1) is 0 Å². The SMILES string of the molecule is COCCN1CC[C@H](N2CCCN(C(=O)Nc3cc(C)ccc3C)CC2)C1=O. The van der Waals surface area contributed by atoms with Crippen molar-refractivity contribution in [1.82, 2.24) is 14.7 Å². The topological polar surface area (TPSA) is 65.1 Å². The van der Waals surface area contributed by atoms with Crippen LogP contribution in [0, 0.1) is 13.8 Å².